The fourth-order valence-electron chi connectivity index (χ4n) is 3.38. The van der Waals surface area contributed by atoms with Crippen LogP contribution < -0.4 is 4.90 Å². The molecule has 0 atom stereocenters. The summed E-state index contributed by atoms with van der Waals surface area (Å²) in [6.07, 6.45) is 4.17. The molecule has 1 N–H and O–H groups in total. The predicted octanol–water partition coefficient (Wildman–Crippen LogP) is 2.58. The molecule has 2 heterocycles. The summed E-state index contributed by atoms with van der Waals surface area (Å²) in [4.78, 5) is 15.8. The smallest absolute Gasteiger partial charge is 0.306 e. The molecule has 21 heavy (non-hydrogen) atoms. The molecule has 4 heteroatoms. The van der Waals surface area contributed by atoms with Crippen molar-refractivity contribution in [2.45, 2.75) is 32.2 Å². The van der Waals surface area contributed by atoms with Gasteiger partial charge in [-0.05, 0) is 56.5 Å². The van der Waals surface area contributed by atoms with E-state index in [2.05, 4.69) is 34.1 Å². The highest BCUT2D eigenvalue weighted by atomic mass is 16.4. The van der Waals surface area contributed by atoms with Gasteiger partial charge >= 0.3 is 5.97 Å². The Morgan fingerprint density at radius 3 is 2.24 bits per heavy atom. The van der Waals surface area contributed by atoms with Crippen LogP contribution in [0.15, 0.2) is 24.3 Å². The lowest BCUT2D eigenvalue weighted by molar-refractivity contribution is -0.143. The number of benzene rings is 1. The first-order valence-corrected chi connectivity index (χ1v) is 8.01. The third-order valence-corrected chi connectivity index (χ3v) is 4.75. The van der Waals surface area contributed by atoms with E-state index >= 15 is 0 Å². The summed E-state index contributed by atoms with van der Waals surface area (Å²) >= 11 is 0. The number of carboxylic acid groups (broad SMARTS) is 1. The van der Waals surface area contributed by atoms with E-state index in [1.807, 2.05) is 0 Å². The highest BCUT2D eigenvalue weighted by molar-refractivity contribution is 5.70. The Hall–Kier alpha value is -1.55. The summed E-state index contributed by atoms with van der Waals surface area (Å²) < 4.78 is 0. The highest BCUT2D eigenvalue weighted by Gasteiger charge is 2.24. The Morgan fingerprint density at radius 1 is 1.05 bits per heavy atom. The fraction of sp³-hybridized carbons (Fsp3) is 0.588. The molecule has 2 saturated heterocycles. The van der Waals surface area contributed by atoms with Crippen LogP contribution in [0.1, 0.15) is 31.2 Å². The van der Waals surface area contributed by atoms with E-state index in [0.29, 0.717) is 0 Å². The van der Waals surface area contributed by atoms with Crippen molar-refractivity contribution in [3.05, 3.63) is 29.8 Å². The molecule has 114 valence electrons. The van der Waals surface area contributed by atoms with Gasteiger partial charge in [0.1, 0.15) is 0 Å². The molecule has 0 radical (unpaired) electrons. The Bertz CT molecular complexity index is 472. The number of hydrogen-bond donors (Lipinski definition) is 1. The van der Waals surface area contributed by atoms with Crippen molar-refractivity contribution >= 4 is 11.7 Å². The zero-order chi connectivity index (χ0) is 14.7. The summed E-state index contributed by atoms with van der Waals surface area (Å²) in [5.41, 5.74) is 2.66. The molecule has 3 rings (SSSR count). The number of rotatable bonds is 4. The van der Waals surface area contributed by atoms with Gasteiger partial charge in [0.05, 0.1) is 5.92 Å². The first-order valence-electron chi connectivity index (χ1n) is 8.01. The molecule has 0 amide bonds. The lowest BCUT2D eigenvalue weighted by atomic mass is 9.97. The topological polar surface area (TPSA) is 43.8 Å². The van der Waals surface area contributed by atoms with Crippen LogP contribution in [0, 0.1) is 5.92 Å². The molecule has 2 fully saturated rings. The SMILES string of the molecule is O=C(O)C1CCN(Cc2ccc(N3CCCC3)cc2)CC1. The first kappa shape index (κ1) is 14.4. The number of likely N-dealkylation sites (tertiary alicyclic amines) is 1. The number of carboxylic acids is 1. The van der Waals surface area contributed by atoms with Crippen molar-refractivity contribution in [2.24, 2.45) is 5.92 Å². The van der Waals surface area contributed by atoms with Gasteiger partial charge < -0.3 is 10.0 Å². The van der Waals surface area contributed by atoms with Gasteiger partial charge in [-0.1, -0.05) is 12.1 Å². The fourth-order valence-corrected chi connectivity index (χ4v) is 3.38. The maximum atomic E-state index is 11.0. The Kier molecular flexibility index (Phi) is 4.44. The maximum Gasteiger partial charge on any atom is 0.306 e. The average Bonchev–Trinajstić information content (AvgIpc) is 3.03. The molecule has 0 aromatic heterocycles. The summed E-state index contributed by atoms with van der Waals surface area (Å²) in [6, 6.07) is 8.89. The van der Waals surface area contributed by atoms with Crippen LogP contribution in [0.3, 0.4) is 0 Å². The molecule has 0 unspecified atom stereocenters. The quantitative estimate of drug-likeness (QED) is 0.925. The first-order chi connectivity index (χ1) is 10.2. The van der Waals surface area contributed by atoms with Crippen LogP contribution in [0.25, 0.3) is 0 Å². The van der Waals surface area contributed by atoms with Crippen LogP contribution >= 0.6 is 0 Å². The normalized spacial score (nSPS) is 20.9. The van der Waals surface area contributed by atoms with Crippen molar-refractivity contribution < 1.29 is 9.90 Å². The Labute approximate surface area is 126 Å². The monoisotopic (exact) mass is 288 g/mol. The van der Waals surface area contributed by atoms with Crippen molar-refractivity contribution in [2.75, 3.05) is 31.1 Å². The number of nitrogens with zero attached hydrogens (tertiary/aromatic N) is 2. The molecule has 1 aromatic rings. The van der Waals surface area contributed by atoms with Gasteiger partial charge in [-0.15, -0.1) is 0 Å². The van der Waals surface area contributed by atoms with Gasteiger partial charge in [-0.3, -0.25) is 9.69 Å². The molecule has 0 aliphatic carbocycles. The second-order valence-corrected chi connectivity index (χ2v) is 6.25. The largest absolute Gasteiger partial charge is 0.481 e. The number of piperidine rings is 1. The summed E-state index contributed by atoms with van der Waals surface area (Å²) in [5.74, 6) is -0.775. The minimum atomic E-state index is -0.635. The van der Waals surface area contributed by atoms with Gasteiger partial charge in [-0.25, -0.2) is 0 Å². The number of carbonyl (C=O) groups is 1. The third-order valence-electron chi connectivity index (χ3n) is 4.75. The predicted molar refractivity (Wildman–Crippen MR) is 83.5 cm³/mol. The van der Waals surface area contributed by atoms with Gasteiger partial charge in [0.2, 0.25) is 0 Å². The zero-order valence-electron chi connectivity index (χ0n) is 12.5. The lowest BCUT2D eigenvalue weighted by Crippen LogP contribution is -2.35. The number of aliphatic carboxylic acids is 1. The summed E-state index contributed by atoms with van der Waals surface area (Å²) in [7, 11) is 0. The Balaban J connectivity index is 1.52. The highest BCUT2D eigenvalue weighted by Crippen LogP contribution is 2.22. The van der Waals surface area contributed by atoms with Crippen molar-refractivity contribution in [3.63, 3.8) is 0 Å². The van der Waals surface area contributed by atoms with Gasteiger partial charge in [0.25, 0.3) is 0 Å². The molecule has 2 aliphatic rings. The van der Waals surface area contributed by atoms with Gasteiger partial charge in [0.15, 0.2) is 0 Å². The van der Waals surface area contributed by atoms with Crippen molar-refractivity contribution in [3.8, 4) is 0 Å². The average molecular weight is 288 g/mol. The molecule has 0 spiro atoms. The van der Waals surface area contributed by atoms with E-state index in [0.717, 1.165) is 32.5 Å². The van der Waals surface area contributed by atoms with Crippen LogP contribution in [0.2, 0.25) is 0 Å². The van der Waals surface area contributed by atoms with Crippen LogP contribution in [0.5, 0.6) is 0 Å². The minimum Gasteiger partial charge on any atom is -0.481 e. The minimum absolute atomic E-state index is 0.140. The molecular formula is C17H24N2O2. The molecule has 1 aromatic carbocycles. The van der Waals surface area contributed by atoms with Gasteiger partial charge in [0, 0.05) is 25.3 Å². The second-order valence-electron chi connectivity index (χ2n) is 6.25. The van der Waals surface area contributed by atoms with Crippen molar-refractivity contribution in [1.82, 2.24) is 4.90 Å². The van der Waals surface area contributed by atoms with E-state index in [1.54, 1.807) is 0 Å². The number of anilines is 1. The molecular weight excluding hydrogens is 264 g/mol. The van der Waals surface area contributed by atoms with E-state index in [1.165, 1.54) is 37.2 Å². The Morgan fingerprint density at radius 2 is 1.67 bits per heavy atom. The third kappa shape index (κ3) is 3.56. The van der Waals surface area contributed by atoms with Crippen LogP contribution in [-0.2, 0) is 11.3 Å². The van der Waals surface area contributed by atoms with E-state index in [-0.39, 0.29) is 5.92 Å². The molecule has 4 nitrogen and oxygen atoms in total. The van der Waals surface area contributed by atoms with Crippen LogP contribution in [-0.4, -0.2) is 42.2 Å². The number of hydrogen-bond acceptors (Lipinski definition) is 3. The van der Waals surface area contributed by atoms with E-state index in [9.17, 15) is 4.79 Å². The molecule has 0 saturated carbocycles. The lowest BCUT2D eigenvalue weighted by Gasteiger charge is -2.30. The molecule has 2 aliphatic heterocycles. The van der Waals surface area contributed by atoms with Crippen molar-refractivity contribution in [1.29, 1.82) is 0 Å². The maximum absolute atomic E-state index is 11.0. The van der Waals surface area contributed by atoms with E-state index < -0.39 is 5.97 Å². The zero-order valence-corrected chi connectivity index (χ0v) is 12.5. The van der Waals surface area contributed by atoms with Crippen LogP contribution in [0.4, 0.5) is 5.69 Å². The van der Waals surface area contributed by atoms with Gasteiger partial charge in [-0.2, -0.15) is 0 Å². The van der Waals surface area contributed by atoms with E-state index in [4.69, 9.17) is 5.11 Å². The second kappa shape index (κ2) is 6.48. The summed E-state index contributed by atoms with van der Waals surface area (Å²) in [6.45, 7) is 5.09. The summed E-state index contributed by atoms with van der Waals surface area (Å²) in [5, 5.41) is 9.03. The molecule has 0 bridgehead atoms. The standard InChI is InChI=1S/C17H24N2O2/c20-17(21)15-7-11-18(12-8-15)13-14-3-5-16(6-4-14)19-9-1-2-10-19/h3-6,15H,1-2,7-13H2,(H,20,21).